The fourth-order valence-corrected chi connectivity index (χ4v) is 1.76. The molecule has 3 atom stereocenters. The van der Waals surface area contributed by atoms with E-state index >= 15 is 0 Å². The smallest absolute Gasteiger partial charge is 0.305 e. The number of aliphatic carboxylic acids is 1. The molecule has 1 fully saturated rings. The summed E-state index contributed by atoms with van der Waals surface area (Å²) in [6, 6.07) is -1.02. The van der Waals surface area contributed by atoms with Crippen molar-refractivity contribution in [3.63, 3.8) is 0 Å². The van der Waals surface area contributed by atoms with Gasteiger partial charge in [-0.1, -0.05) is 6.92 Å². The third-order valence-electron chi connectivity index (χ3n) is 2.94. The van der Waals surface area contributed by atoms with Gasteiger partial charge < -0.3 is 20.8 Å². The first kappa shape index (κ1) is 12.9. The number of hydrogen-bond donors (Lipinski definition) is 3. The van der Waals surface area contributed by atoms with Gasteiger partial charge in [0.05, 0.1) is 18.6 Å². The van der Waals surface area contributed by atoms with Crippen molar-refractivity contribution >= 4 is 11.9 Å². The molecule has 0 aromatic heterocycles. The summed E-state index contributed by atoms with van der Waals surface area (Å²) in [5, 5.41) is 18.1. The third kappa shape index (κ3) is 3.18. The summed E-state index contributed by atoms with van der Waals surface area (Å²) in [5.41, 5.74) is 5.48. The molecule has 4 N–H and O–H groups in total. The maximum atomic E-state index is 11.7. The number of carboxylic acids is 1. The second-order valence-electron chi connectivity index (χ2n) is 4.32. The summed E-state index contributed by atoms with van der Waals surface area (Å²) in [5.74, 6) is -1.32. The van der Waals surface area contributed by atoms with Crippen LogP contribution in [0.3, 0.4) is 0 Å². The Labute approximate surface area is 94.0 Å². The topological polar surface area (TPSA) is 104 Å². The van der Waals surface area contributed by atoms with Crippen LogP contribution >= 0.6 is 0 Å². The maximum Gasteiger partial charge on any atom is 0.305 e. The molecule has 1 aliphatic heterocycles. The molecule has 0 aromatic carbocycles. The molecule has 0 spiro atoms. The zero-order chi connectivity index (χ0) is 12.3. The number of amides is 1. The average Bonchev–Trinajstić information content (AvgIpc) is 2.20. The van der Waals surface area contributed by atoms with E-state index in [0.717, 1.165) is 0 Å². The summed E-state index contributed by atoms with van der Waals surface area (Å²) in [6.07, 6.45) is -0.206. The van der Waals surface area contributed by atoms with E-state index in [2.05, 4.69) is 0 Å². The molecule has 3 unspecified atom stereocenters. The first-order valence-electron chi connectivity index (χ1n) is 5.36. The van der Waals surface area contributed by atoms with Gasteiger partial charge in [0.1, 0.15) is 0 Å². The molecule has 0 bridgehead atoms. The summed E-state index contributed by atoms with van der Waals surface area (Å²) >= 11 is 0. The van der Waals surface area contributed by atoms with E-state index < -0.39 is 24.0 Å². The summed E-state index contributed by atoms with van der Waals surface area (Å²) in [7, 11) is 0. The Kier molecular flexibility index (Phi) is 4.26. The second-order valence-corrected chi connectivity index (χ2v) is 4.32. The zero-order valence-corrected chi connectivity index (χ0v) is 9.30. The lowest BCUT2D eigenvalue weighted by Gasteiger charge is -2.35. The van der Waals surface area contributed by atoms with Gasteiger partial charge in [-0.25, -0.2) is 0 Å². The lowest BCUT2D eigenvalue weighted by atomic mass is 9.95. The van der Waals surface area contributed by atoms with E-state index in [9.17, 15) is 14.7 Å². The van der Waals surface area contributed by atoms with Crippen LogP contribution in [0.25, 0.3) is 0 Å². The number of carbonyl (C=O) groups excluding carboxylic acids is 1. The number of piperidine rings is 1. The highest BCUT2D eigenvalue weighted by atomic mass is 16.4. The van der Waals surface area contributed by atoms with Gasteiger partial charge in [-0.15, -0.1) is 0 Å². The second kappa shape index (κ2) is 5.27. The van der Waals surface area contributed by atoms with Crippen molar-refractivity contribution in [3.05, 3.63) is 0 Å². The van der Waals surface area contributed by atoms with E-state index in [1.165, 1.54) is 4.90 Å². The molecule has 16 heavy (non-hydrogen) atoms. The van der Waals surface area contributed by atoms with Crippen molar-refractivity contribution in [2.75, 3.05) is 13.1 Å². The normalized spacial score (nSPS) is 27.6. The Morgan fingerprint density at radius 2 is 2.19 bits per heavy atom. The Hall–Kier alpha value is -1.14. The number of carbonyl (C=O) groups is 2. The number of nitrogens with two attached hydrogens (primary N) is 1. The van der Waals surface area contributed by atoms with Crippen molar-refractivity contribution in [1.82, 2.24) is 4.90 Å². The molecular formula is C10H18N2O4. The van der Waals surface area contributed by atoms with E-state index in [-0.39, 0.29) is 18.9 Å². The van der Waals surface area contributed by atoms with Crippen LogP contribution in [0.1, 0.15) is 19.8 Å². The molecular weight excluding hydrogens is 212 g/mol. The van der Waals surface area contributed by atoms with Gasteiger partial charge >= 0.3 is 5.97 Å². The molecule has 0 aliphatic carbocycles. The molecule has 6 nitrogen and oxygen atoms in total. The SMILES string of the molecule is CC1CCN(C(=O)C(N)CC(=O)O)CC1O. The van der Waals surface area contributed by atoms with Crippen molar-refractivity contribution in [2.24, 2.45) is 11.7 Å². The number of likely N-dealkylation sites (tertiary alicyclic amines) is 1. The number of rotatable bonds is 3. The van der Waals surface area contributed by atoms with E-state index in [1.807, 2.05) is 6.92 Å². The lowest BCUT2D eigenvalue weighted by Crippen LogP contribution is -2.51. The molecule has 1 rings (SSSR count). The highest BCUT2D eigenvalue weighted by Gasteiger charge is 2.30. The van der Waals surface area contributed by atoms with E-state index in [4.69, 9.17) is 10.8 Å². The standard InChI is InChI=1S/C10H18N2O4/c1-6-2-3-12(5-8(6)13)10(16)7(11)4-9(14)15/h6-8,13H,2-5,11H2,1H3,(H,14,15). The highest BCUT2D eigenvalue weighted by molar-refractivity contribution is 5.86. The number of β-amino-alcohol motifs (C(OH)–C–C–N with tert-alkyl or cyclic N) is 1. The molecule has 0 aromatic rings. The molecule has 0 saturated carbocycles. The lowest BCUT2D eigenvalue weighted by molar-refractivity contribution is -0.143. The van der Waals surface area contributed by atoms with Gasteiger partial charge in [-0.3, -0.25) is 9.59 Å². The first-order valence-corrected chi connectivity index (χ1v) is 5.36. The van der Waals surface area contributed by atoms with E-state index in [1.54, 1.807) is 0 Å². The summed E-state index contributed by atoms with van der Waals surface area (Å²) < 4.78 is 0. The van der Waals surface area contributed by atoms with Gasteiger partial charge in [-0.2, -0.15) is 0 Å². The van der Waals surface area contributed by atoms with Crippen LogP contribution in [0.4, 0.5) is 0 Å². The highest BCUT2D eigenvalue weighted by Crippen LogP contribution is 2.17. The molecule has 92 valence electrons. The predicted molar refractivity (Wildman–Crippen MR) is 56.6 cm³/mol. The number of nitrogens with zero attached hydrogens (tertiary/aromatic N) is 1. The number of carboxylic acid groups (broad SMARTS) is 1. The number of hydrogen-bond acceptors (Lipinski definition) is 4. The minimum absolute atomic E-state index is 0.166. The monoisotopic (exact) mass is 230 g/mol. The van der Waals surface area contributed by atoms with Crippen LogP contribution < -0.4 is 5.73 Å². The Morgan fingerprint density at radius 1 is 1.56 bits per heavy atom. The van der Waals surface area contributed by atoms with Crippen molar-refractivity contribution < 1.29 is 19.8 Å². The Morgan fingerprint density at radius 3 is 2.69 bits per heavy atom. The summed E-state index contributed by atoms with van der Waals surface area (Å²) in [4.78, 5) is 23.6. The zero-order valence-electron chi connectivity index (χ0n) is 9.30. The van der Waals surface area contributed by atoms with Gasteiger partial charge in [0.25, 0.3) is 0 Å². The van der Waals surface area contributed by atoms with E-state index in [0.29, 0.717) is 13.0 Å². The summed E-state index contributed by atoms with van der Waals surface area (Å²) in [6.45, 7) is 2.70. The minimum atomic E-state index is -1.09. The quantitative estimate of drug-likeness (QED) is 0.578. The van der Waals surface area contributed by atoms with Crippen molar-refractivity contribution in [2.45, 2.75) is 31.9 Å². The van der Waals surface area contributed by atoms with Gasteiger partial charge in [-0.05, 0) is 12.3 Å². The molecule has 0 radical (unpaired) electrons. The van der Waals surface area contributed by atoms with Gasteiger partial charge in [0, 0.05) is 13.1 Å². The van der Waals surface area contributed by atoms with Crippen LogP contribution in [-0.2, 0) is 9.59 Å². The number of aliphatic hydroxyl groups excluding tert-OH is 1. The molecule has 1 amide bonds. The van der Waals surface area contributed by atoms with Gasteiger partial charge in [0.2, 0.25) is 5.91 Å². The molecule has 6 heteroatoms. The van der Waals surface area contributed by atoms with Crippen LogP contribution in [-0.4, -0.2) is 52.2 Å². The average molecular weight is 230 g/mol. The molecule has 1 aliphatic rings. The van der Waals surface area contributed by atoms with Crippen LogP contribution in [0.15, 0.2) is 0 Å². The third-order valence-corrected chi connectivity index (χ3v) is 2.94. The first-order chi connectivity index (χ1) is 7.41. The largest absolute Gasteiger partial charge is 0.481 e. The predicted octanol–water partition coefficient (Wildman–Crippen LogP) is -0.982. The Bertz CT molecular complexity index is 282. The van der Waals surface area contributed by atoms with Crippen LogP contribution in [0.2, 0.25) is 0 Å². The van der Waals surface area contributed by atoms with Crippen LogP contribution in [0.5, 0.6) is 0 Å². The number of aliphatic hydroxyl groups is 1. The molecule has 1 saturated heterocycles. The fourth-order valence-electron chi connectivity index (χ4n) is 1.76. The molecule has 1 heterocycles. The van der Waals surface area contributed by atoms with Crippen molar-refractivity contribution in [1.29, 1.82) is 0 Å². The minimum Gasteiger partial charge on any atom is -0.481 e. The Balaban J connectivity index is 2.51. The van der Waals surface area contributed by atoms with Crippen LogP contribution in [0, 0.1) is 5.92 Å². The maximum absolute atomic E-state index is 11.7. The fraction of sp³-hybridized carbons (Fsp3) is 0.800. The van der Waals surface area contributed by atoms with Crippen molar-refractivity contribution in [3.8, 4) is 0 Å². The van der Waals surface area contributed by atoms with Gasteiger partial charge in [0.15, 0.2) is 0 Å².